The largest absolute Gasteiger partial charge is 0.457 e. The van der Waals surface area contributed by atoms with Crippen molar-refractivity contribution in [2.45, 2.75) is 44.4 Å². The van der Waals surface area contributed by atoms with Gasteiger partial charge in [-0.3, -0.25) is 4.90 Å². The molecule has 2 fully saturated rings. The maximum atomic E-state index is 11.8. The number of nitrogens with zero attached hydrogens (tertiary/aromatic N) is 1. The van der Waals surface area contributed by atoms with Crippen LogP contribution in [0.5, 0.6) is 0 Å². The van der Waals surface area contributed by atoms with Crippen molar-refractivity contribution in [3.8, 4) is 0 Å². The monoisotopic (exact) mass is 255 g/mol. The summed E-state index contributed by atoms with van der Waals surface area (Å²) < 4.78 is 5.46. The van der Waals surface area contributed by atoms with E-state index in [0.717, 1.165) is 19.5 Å². The van der Waals surface area contributed by atoms with Gasteiger partial charge in [0.25, 0.3) is 0 Å². The molecule has 2 N–H and O–H groups in total. The van der Waals surface area contributed by atoms with Crippen LogP contribution in [0.25, 0.3) is 0 Å². The van der Waals surface area contributed by atoms with Gasteiger partial charge < -0.3 is 14.9 Å². The van der Waals surface area contributed by atoms with Crippen LogP contribution in [-0.4, -0.2) is 58.5 Å². The summed E-state index contributed by atoms with van der Waals surface area (Å²) in [5.74, 6) is -0.337. The normalized spacial score (nSPS) is 36.8. The Hall–Kier alpha value is -0.910. The highest BCUT2D eigenvalue weighted by atomic mass is 16.5. The summed E-state index contributed by atoms with van der Waals surface area (Å²) in [7, 11) is 0. The van der Waals surface area contributed by atoms with Crippen molar-refractivity contribution in [2.75, 3.05) is 19.7 Å². The molecule has 0 aliphatic carbocycles. The Bertz CT molecular complexity index is 368. The molecule has 2 aliphatic heterocycles. The van der Waals surface area contributed by atoms with Crippen LogP contribution in [-0.2, 0) is 9.53 Å². The van der Waals surface area contributed by atoms with Gasteiger partial charge in [-0.15, -0.1) is 0 Å². The minimum absolute atomic E-state index is 0.267. The zero-order chi connectivity index (χ0) is 13.3. The summed E-state index contributed by atoms with van der Waals surface area (Å²) in [4.78, 5) is 13.9. The highest BCUT2D eigenvalue weighted by Crippen LogP contribution is 2.37. The van der Waals surface area contributed by atoms with Crippen molar-refractivity contribution < 1.29 is 19.7 Å². The van der Waals surface area contributed by atoms with Crippen LogP contribution >= 0.6 is 0 Å². The van der Waals surface area contributed by atoms with Crippen LogP contribution in [0.1, 0.15) is 26.7 Å². The van der Waals surface area contributed by atoms with Crippen molar-refractivity contribution in [1.29, 1.82) is 0 Å². The molecule has 2 aliphatic rings. The Morgan fingerprint density at radius 2 is 2.28 bits per heavy atom. The molecule has 2 saturated heterocycles. The number of hydrogen-bond acceptors (Lipinski definition) is 5. The molecule has 102 valence electrons. The Morgan fingerprint density at radius 3 is 2.89 bits per heavy atom. The molecule has 0 aromatic rings. The van der Waals surface area contributed by atoms with Crippen LogP contribution in [0.2, 0.25) is 0 Å². The number of esters is 1. The molecule has 0 saturated carbocycles. The van der Waals surface area contributed by atoms with Crippen molar-refractivity contribution in [3.63, 3.8) is 0 Å². The number of aliphatic hydroxyl groups excluding tert-OH is 1. The van der Waals surface area contributed by atoms with E-state index in [2.05, 4.69) is 4.90 Å². The van der Waals surface area contributed by atoms with E-state index in [1.165, 1.54) is 0 Å². The first-order valence-electron chi connectivity index (χ1n) is 6.43. The molecule has 5 heteroatoms. The first-order chi connectivity index (χ1) is 8.51. The van der Waals surface area contributed by atoms with Gasteiger partial charge in [0.05, 0.1) is 12.6 Å². The molecule has 3 atom stereocenters. The van der Waals surface area contributed by atoms with E-state index < -0.39 is 5.60 Å². The van der Waals surface area contributed by atoms with Crippen LogP contribution in [0.4, 0.5) is 0 Å². The number of carbonyl (C=O) groups excluding carboxylic acids is 1. The van der Waals surface area contributed by atoms with E-state index in [9.17, 15) is 15.0 Å². The van der Waals surface area contributed by atoms with Crippen molar-refractivity contribution in [2.24, 2.45) is 0 Å². The van der Waals surface area contributed by atoms with Crippen molar-refractivity contribution in [1.82, 2.24) is 4.90 Å². The summed E-state index contributed by atoms with van der Waals surface area (Å²) in [6, 6.07) is -0.267. The number of ether oxygens (including phenoxy) is 1. The summed E-state index contributed by atoms with van der Waals surface area (Å²) in [6.45, 7) is 4.77. The molecule has 0 aromatic carbocycles. The molecule has 0 radical (unpaired) electrons. The fraction of sp³-hybridized carbons (Fsp3) is 0.769. The molecule has 0 bridgehead atoms. The van der Waals surface area contributed by atoms with Gasteiger partial charge in [-0.25, -0.2) is 4.79 Å². The molecule has 18 heavy (non-hydrogen) atoms. The maximum Gasteiger partial charge on any atom is 0.333 e. The third-order valence-electron chi connectivity index (χ3n) is 4.12. The molecule has 5 nitrogen and oxygen atoms in total. The van der Waals surface area contributed by atoms with E-state index in [0.29, 0.717) is 12.0 Å². The highest BCUT2D eigenvalue weighted by Gasteiger charge is 2.54. The van der Waals surface area contributed by atoms with Crippen LogP contribution < -0.4 is 0 Å². The molecular weight excluding hydrogens is 234 g/mol. The summed E-state index contributed by atoms with van der Waals surface area (Å²) >= 11 is 0. The standard InChI is InChI=1S/C13H21NO4/c1-3-9(2)12(16)18-10-4-6-14-7-5-13(17,8-15)11(10)14/h3,10-11,15,17H,4-8H2,1-2H3. The van der Waals surface area contributed by atoms with Gasteiger partial charge in [-0.05, 0) is 26.7 Å². The molecule has 3 unspecified atom stereocenters. The van der Waals surface area contributed by atoms with Gasteiger partial charge >= 0.3 is 5.97 Å². The van der Waals surface area contributed by atoms with Gasteiger partial charge in [0, 0.05) is 18.7 Å². The lowest BCUT2D eigenvalue weighted by atomic mass is 9.92. The van der Waals surface area contributed by atoms with Gasteiger partial charge in [-0.2, -0.15) is 0 Å². The predicted molar refractivity (Wildman–Crippen MR) is 65.9 cm³/mol. The van der Waals surface area contributed by atoms with E-state index in [1.807, 2.05) is 0 Å². The minimum Gasteiger partial charge on any atom is -0.457 e. The average molecular weight is 255 g/mol. The lowest BCUT2D eigenvalue weighted by molar-refractivity contribution is -0.150. The zero-order valence-corrected chi connectivity index (χ0v) is 10.9. The minimum atomic E-state index is -1.13. The summed E-state index contributed by atoms with van der Waals surface area (Å²) in [6.07, 6.45) is 2.63. The Labute approximate surface area is 107 Å². The third-order valence-corrected chi connectivity index (χ3v) is 4.12. The quantitative estimate of drug-likeness (QED) is 0.551. The van der Waals surface area contributed by atoms with Gasteiger partial charge in [0.15, 0.2) is 0 Å². The van der Waals surface area contributed by atoms with E-state index in [-0.39, 0.29) is 24.7 Å². The zero-order valence-electron chi connectivity index (χ0n) is 10.9. The van der Waals surface area contributed by atoms with Gasteiger partial charge in [0.1, 0.15) is 11.7 Å². The summed E-state index contributed by atoms with van der Waals surface area (Å²) in [5.41, 5.74) is -0.565. The Kier molecular flexibility index (Phi) is 3.75. The van der Waals surface area contributed by atoms with E-state index >= 15 is 0 Å². The molecule has 2 heterocycles. The van der Waals surface area contributed by atoms with Crippen LogP contribution in [0.15, 0.2) is 11.6 Å². The first kappa shape index (κ1) is 13.5. The molecular formula is C13H21NO4. The Morgan fingerprint density at radius 1 is 1.56 bits per heavy atom. The first-order valence-corrected chi connectivity index (χ1v) is 6.43. The second-order valence-electron chi connectivity index (χ2n) is 5.20. The molecule has 2 rings (SSSR count). The predicted octanol–water partition coefficient (Wildman–Crippen LogP) is 0.0658. The Balaban J connectivity index is 2.08. The highest BCUT2D eigenvalue weighted by molar-refractivity contribution is 5.87. The fourth-order valence-corrected chi connectivity index (χ4v) is 2.89. The smallest absolute Gasteiger partial charge is 0.333 e. The molecule has 0 aromatic heterocycles. The fourth-order valence-electron chi connectivity index (χ4n) is 2.89. The third kappa shape index (κ3) is 2.18. The lowest BCUT2D eigenvalue weighted by Crippen LogP contribution is -2.50. The SMILES string of the molecule is CC=C(C)C(=O)OC1CCN2CCC(O)(CO)C12. The van der Waals surface area contributed by atoms with E-state index in [4.69, 9.17) is 4.74 Å². The van der Waals surface area contributed by atoms with Gasteiger partial charge in [0.2, 0.25) is 0 Å². The number of carbonyl (C=O) groups is 1. The average Bonchev–Trinajstić information content (AvgIpc) is 2.92. The summed E-state index contributed by atoms with van der Waals surface area (Å²) in [5, 5.41) is 19.7. The molecule has 0 spiro atoms. The topological polar surface area (TPSA) is 70.0 Å². The number of allylic oxidation sites excluding steroid dienone is 1. The molecule has 0 amide bonds. The number of aliphatic hydroxyl groups is 2. The van der Waals surface area contributed by atoms with Crippen LogP contribution in [0, 0.1) is 0 Å². The number of hydrogen-bond donors (Lipinski definition) is 2. The van der Waals surface area contributed by atoms with Gasteiger partial charge in [-0.1, -0.05) is 6.08 Å². The van der Waals surface area contributed by atoms with Crippen molar-refractivity contribution >= 4 is 5.97 Å². The second kappa shape index (κ2) is 4.99. The van der Waals surface area contributed by atoms with Crippen molar-refractivity contribution in [3.05, 3.63) is 11.6 Å². The lowest BCUT2D eigenvalue weighted by Gasteiger charge is -2.31. The maximum absolute atomic E-state index is 11.8. The number of fused-ring (bicyclic) bond motifs is 1. The van der Waals surface area contributed by atoms with E-state index in [1.54, 1.807) is 19.9 Å². The number of rotatable bonds is 3. The second-order valence-corrected chi connectivity index (χ2v) is 5.20. The van der Waals surface area contributed by atoms with Crippen LogP contribution in [0.3, 0.4) is 0 Å².